The van der Waals surface area contributed by atoms with Crippen molar-refractivity contribution in [2.75, 3.05) is 6.61 Å². The van der Waals surface area contributed by atoms with Crippen molar-refractivity contribution in [3.05, 3.63) is 33.4 Å². The number of carbonyl (C=O) groups is 1. The van der Waals surface area contributed by atoms with Crippen LogP contribution in [0.5, 0.6) is 0 Å². The van der Waals surface area contributed by atoms with E-state index in [0.29, 0.717) is 13.0 Å². The zero-order chi connectivity index (χ0) is 12.7. The van der Waals surface area contributed by atoms with Crippen molar-refractivity contribution in [2.45, 2.75) is 39.2 Å². The van der Waals surface area contributed by atoms with Gasteiger partial charge in [0.1, 0.15) is 6.10 Å². The topological polar surface area (TPSA) is 26.3 Å². The molecule has 0 fully saturated rings. The van der Waals surface area contributed by atoms with Crippen molar-refractivity contribution >= 4 is 28.4 Å². The lowest BCUT2D eigenvalue weighted by molar-refractivity contribution is -0.130. The Morgan fingerprint density at radius 2 is 1.94 bits per heavy atom. The number of ether oxygens (including phenoxy) is 1. The van der Waals surface area contributed by atoms with Crippen LogP contribution in [0.1, 0.15) is 32.3 Å². The molecule has 1 rings (SSSR count). The lowest BCUT2D eigenvalue weighted by Gasteiger charge is -2.14. The summed E-state index contributed by atoms with van der Waals surface area (Å²) in [6.45, 7) is 4.61. The molecule has 0 saturated carbocycles. The minimum Gasteiger partial charge on any atom is -0.371 e. The van der Waals surface area contributed by atoms with E-state index in [1.807, 2.05) is 31.2 Å². The molecule has 1 unspecified atom stereocenters. The molecule has 0 saturated heterocycles. The maximum atomic E-state index is 12.1. The second-order valence-electron chi connectivity index (χ2n) is 4.00. The monoisotopic (exact) mass is 346 g/mol. The van der Waals surface area contributed by atoms with Crippen LogP contribution in [-0.2, 0) is 16.0 Å². The van der Waals surface area contributed by atoms with Gasteiger partial charge in [0.15, 0.2) is 5.78 Å². The number of hydrogen-bond donors (Lipinski definition) is 0. The molecule has 1 atom stereocenters. The molecule has 0 bridgehead atoms. The molecule has 0 spiro atoms. The summed E-state index contributed by atoms with van der Waals surface area (Å²) in [5.41, 5.74) is 1.07. The SMILES string of the molecule is CCCC(OCC)C(=O)Cc1ccc(I)cc1. The van der Waals surface area contributed by atoms with Crippen LogP contribution < -0.4 is 0 Å². The van der Waals surface area contributed by atoms with Gasteiger partial charge in [0.25, 0.3) is 0 Å². The van der Waals surface area contributed by atoms with Crippen LogP contribution in [0.2, 0.25) is 0 Å². The van der Waals surface area contributed by atoms with Crippen LogP contribution in [0.15, 0.2) is 24.3 Å². The Morgan fingerprint density at radius 3 is 2.47 bits per heavy atom. The average molecular weight is 346 g/mol. The molecule has 0 amide bonds. The highest BCUT2D eigenvalue weighted by Crippen LogP contribution is 2.11. The average Bonchev–Trinajstić information content (AvgIpc) is 2.32. The summed E-state index contributed by atoms with van der Waals surface area (Å²) in [6, 6.07) is 8.07. The highest BCUT2D eigenvalue weighted by molar-refractivity contribution is 14.1. The van der Waals surface area contributed by atoms with Crippen molar-refractivity contribution in [3.63, 3.8) is 0 Å². The van der Waals surface area contributed by atoms with Gasteiger partial charge in [-0.05, 0) is 53.6 Å². The number of Topliss-reactive ketones (excluding diaryl/α,β-unsaturated/α-hetero) is 1. The molecule has 1 aromatic rings. The Labute approximate surface area is 117 Å². The lowest BCUT2D eigenvalue weighted by atomic mass is 10.0. The van der Waals surface area contributed by atoms with E-state index in [9.17, 15) is 4.79 Å². The van der Waals surface area contributed by atoms with Crippen molar-refractivity contribution in [1.29, 1.82) is 0 Å². The summed E-state index contributed by atoms with van der Waals surface area (Å²) < 4.78 is 6.68. The van der Waals surface area contributed by atoms with Crippen LogP contribution >= 0.6 is 22.6 Å². The molecule has 2 nitrogen and oxygen atoms in total. The van der Waals surface area contributed by atoms with E-state index < -0.39 is 0 Å². The molecule has 94 valence electrons. The van der Waals surface area contributed by atoms with E-state index in [2.05, 4.69) is 29.5 Å². The third-order valence-electron chi connectivity index (χ3n) is 2.57. The molecule has 0 aliphatic heterocycles. The fourth-order valence-electron chi connectivity index (χ4n) is 1.72. The Morgan fingerprint density at radius 1 is 1.29 bits per heavy atom. The highest BCUT2D eigenvalue weighted by atomic mass is 127. The summed E-state index contributed by atoms with van der Waals surface area (Å²) in [6.07, 6.45) is 2.03. The minimum absolute atomic E-state index is 0.190. The van der Waals surface area contributed by atoms with E-state index in [-0.39, 0.29) is 11.9 Å². The minimum atomic E-state index is -0.232. The summed E-state index contributed by atoms with van der Waals surface area (Å²) in [5, 5.41) is 0. The molecule has 3 heteroatoms. The van der Waals surface area contributed by atoms with Gasteiger partial charge in [-0.15, -0.1) is 0 Å². The Balaban J connectivity index is 2.59. The molecular formula is C14H19IO2. The maximum Gasteiger partial charge on any atom is 0.165 e. The van der Waals surface area contributed by atoms with Gasteiger partial charge >= 0.3 is 0 Å². The summed E-state index contributed by atoms with van der Waals surface area (Å²) in [5.74, 6) is 0.190. The van der Waals surface area contributed by atoms with Crippen molar-refractivity contribution in [1.82, 2.24) is 0 Å². The van der Waals surface area contributed by atoms with E-state index >= 15 is 0 Å². The van der Waals surface area contributed by atoms with Gasteiger partial charge in [0, 0.05) is 16.6 Å². The van der Waals surface area contributed by atoms with Crippen LogP contribution in [0.4, 0.5) is 0 Å². The first-order valence-corrected chi connectivity index (χ1v) is 7.14. The molecule has 0 aliphatic rings. The summed E-state index contributed by atoms with van der Waals surface area (Å²) in [4.78, 5) is 12.1. The van der Waals surface area contributed by atoms with Gasteiger partial charge in [-0.25, -0.2) is 0 Å². The quantitative estimate of drug-likeness (QED) is 0.705. The largest absolute Gasteiger partial charge is 0.371 e. The van der Waals surface area contributed by atoms with Crippen LogP contribution in [-0.4, -0.2) is 18.5 Å². The first kappa shape index (κ1) is 14.6. The third kappa shape index (κ3) is 5.17. The Kier molecular flexibility index (Phi) is 6.73. The van der Waals surface area contributed by atoms with Crippen LogP contribution in [0, 0.1) is 3.57 Å². The van der Waals surface area contributed by atoms with Gasteiger partial charge < -0.3 is 4.74 Å². The first-order chi connectivity index (χ1) is 8.17. The van der Waals surface area contributed by atoms with Gasteiger partial charge in [-0.2, -0.15) is 0 Å². The zero-order valence-electron chi connectivity index (χ0n) is 10.4. The summed E-state index contributed by atoms with van der Waals surface area (Å²) >= 11 is 2.26. The van der Waals surface area contributed by atoms with E-state index in [4.69, 9.17) is 4.74 Å². The number of carbonyl (C=O) groups excluding carboxylic acids is 1. The molecular weight excluding hydrogens is 327 g/mol. The maximum absolute atomic E-state index is 12.1. The predicted octanol–water partition coefficient (Wildman–Crippen LogP) is 3.61. The van der Waals surface area contributed by atoms with Gasteiger partial charge in [0.05, 0.1) is 0 Å². The normalized spacial score (nSPS) is 12.4. The Hall–Kier alpha value is -0.420. The van der Waals surface area contributed by atoms with Crippen molar-refractivity contribution < 1.29 is 9.53 Å². The number of hydrogen-bond acceptors (Lipinski definition) is 2. The molecule has 0 heterocycles. The number of ketones is 1. The smallest absolute Gasteiger partial charge is 0.165 e. The molecule has 0 aliphatic carbocycles. The van der Waals surface area contributed by atoms with Gasteiger partial charge in [-0.3, -0.25) is 4.79 Å². The second kappa shape index (κ2) is 7.82. The first-order valence-electron chi connectivity index (χ1n) is 6.06. The molecule has 0 aromatic heterocycles. The van der Waals surface area contributed by atoms with E-state index in [1.54, 1.807) is 0 Å². The molecule has 0 N–H and O–H groups in total. The van der Waals surface area contributed by atoms with Crippen LogP contribution in [0.25, 0.3) is 0 Å². The van der Waals surface area contributed by atoms with Crippen molar-refractivity contribution in [2.24, 2.45) is 0 Å². The highest BCUT2D eigenvalue weighted by Gasteiger charge is 2.17. The van der Waals surface area contributed by atoms with Crippen LogP contribution in [0.3, 0.4) is 0 Å². The fraction of sp³-hybridized carbons (Fsp3) is 0.500. The lowest BCUT2D eigenvalue weighted by Crippen LogP contribution is -2.25. The number of rotatable bonds is 7. The molecule has 1 aromatic carbocycles. The fourth-order valence-corrected chi connectivity index (χ4v) is 2.08. The number of benzene rings is 1. The number of halogens is 1. The Bertz CT molecular complexity index is 340. The van der Waals surface area contributed by atoms with E-state index in [0.717, 1.165) is 18.4 Å². The summed E-state index contributed by atoms with van der Waals surface area (Å²) in [7, 11) is 0. The van der Waals surface area contributed by atoms with Crippen molar-refractivity contribution in [3.8, 4) is 0 Å². The van der Waals surface area contributed by atoms with Gasteiger partial charge in [0.2, 0.25) is 0 Å². The third-order valence-corrected chi connectivity index (χ3v) is 3.29. The zero-order valence-corrected chi connectivity index (χ0v) is 12.6. The second-order valence-corrected chi connectivity index (χ2v) is 5.25. The van der Waals surface area contributed by atoms with Gasteiger partial charge in [-0.1, -0.05) is 25.5 Å². The predicted molar refractivity (Wildman–Crippen MR) is 78.2 cm³/mol. The standard InChI is InChI=1S/C14H19IO2/c1-3-5-14(17-4-2)13(16)10-11-6-8-12(15)9-7-11/h6-9,14H,3-5,10H2,1-2H3. The molecule has 17 heavy (non-hydrogen) atoms. The molecule has 0 radical (unpaired) electrons. The van der Waals surface area contributed by atoms with E-state index in [1.165, 1.54) is 3.57 Å².